The third-order valence-corrected chi connectivity index (χ3v) is 4.34. The van der Waals surface area contributed by atoms with E-state index in [0.717, 1.165) is 38.9 Å². The van der Waals surface area contributed by atoms with Gasteiger partial charge in [-0.2, -0.15) is 0 Å². The minimum absolute atomic E-state index is 0.377. The first-order chi connectivity index (χ1) is 12.6. The van der Waals surface area contributed by atoms with Gasteiger partial charge in [0.1, 0.15) is 17.1 Å². The highest BCUT2D eigenvalue weighted by Gasteiger charge is 2.14. The fourth-order valence-electron chi connectivity index (χ4n) is 3.04. The zero-order chi connectivity index (χ0) is 18.3. The Balaban J connectivity index is 1.91. The number of esters is 1. The summed E-state index contributed by atoms with van der Waals surface area (Å²) in [5, 5.41) is 0.946. The molecule has 0 saturated carbocycles. The van der Waals surface area contributed by atoms with Crippen molar-refractivity contribution < 1.29 is 14.3 Å². The highest BCUT2D eigenvalue weighted by Crippen LogP contribution is 2.33. The van der Waals surface area contributed by atoms with Gasteiger partial charge in [0.2, 0.25) is 0 Å². The lowest BCUT2D eigenvalue weighted by Gasteiger charge is -2.09. The predicted molar refractivity (Wildman–Crippen MR) is 99.5 cm³/mol. The molecule has 0 aliphatic heterocycles. The van der Waals surface area contributed by atoms with Gasteiger partial charge in [0.05, 0.1) is 30.8 Å². The molecular weight excluding hydrogens is 330 g/mol. The van der Waals surface area contributed by atoms with E-state index >= 15 is 0 Å². The number of imidazole rings is 1. The molecule has 0 amide bonds. The molecule has 0 spiro atoms. The number of nitrogens with zero attached hydrogens (tertiary/aromatic N) is 2. The molecule has 0 bridgehead atoms. The van der Waals surface area contributed by atoms with Crippen molar-refractivity contribution in [2.75, 3.05) is 14.2 Å². The number of aryl methyl sites for hydroxylation is 1. The number of rotatable bonds is 3. The molecule has 2 aromatic carbocycles. The van der Waals surface area contributed by atoms with Crippen molar-refractivity contribution in [3.63, 3.8) is 0 Å². The van der Waals surface area contributed by atoms with Gasteiger partial charge in [0.25, 0.3) is 0 Å². The summed E-state index contributed by atoms with van der Waals surface area (Å²) in [6.45, 7) is 1.95. The molecule has 0 fully saturated rings. The molecule has 6 nitrogen and oxygen atoms in total. The van der Waals surface area contributed by atoms with Crippen LogP contribution in [0.4, 0.5) is 0 Å². The van der Waals surface area contributed by atoms with Crippen molar-refractivity contribution in [1.29, 1.82) is 0 Å². The van der Waals surface area contributed by atoms with Gasteiger partial charge in [-0.25, -0.2) is 14.8 Å². The molecule has 0 radical (unpaired) electrons. The number of nitrogens with one attached hydrogen (secondary N) is 1. The van der Waals surface area contributed by atoms with Crippen molar-refractivity contribution in [2.45, 2.75) is 6.92 Å². The minimum Gasteiger partial charge on any atom is -0.494 e. The molecule has 6 heteroatoms. The maximum absolute atomic E-state index is 11.7. The lowest BCUT2D eigenvalue weighted by Crippen LogP contribution is -2.00. The average molecular weight is 347 g/mol. The van der Waals surface area contributed by atoms with Gasteiger partial charge in [-0.3, -0.25) is 0 Å². The maximum atomic E-state index is 11.7. The van der Waals surface area contributed by atoms with E-state index in [2.05, 4.69) is 15.0 Å². The van der Waals surface area contributed by atoms with Gasteiger partial charge in [0, 0.05) is 16.6 Å². The molecule has 4 rings (SSSR count). The summed E-state index contributed by atoms with van der Waals surface area (Å²) >= 11 is 0. The van der Waals surface area contributed by atoms with Crippen LogP contribution in [0.3, 0.4) is 0 Å². The Morgan fingerprint density at radius 1 is 1.04 bits per heavy atom. The van der Waals surface area contributed by atoms with Crippen LogP contribution in [-0.4, -0.2) is 35.1 Å². The molecule has 130 valence electrons. The molecule has 4 aromatic rings. The number of ether oxygens (including phenoxy) is 2. The highest BCUT2D eigenvalue weighted by molar-refractivity contribution is 5.99. The fourth-order valence-corrected chi connectivity index (χ4v) is 3.04. The van der Waals surface area contributed by atoms with Gasteiger partial charge < -0.3 is 14.5 Å². The van der Waals surface area contributed by atoms with Crippen LogP contribution in [0.5, 0.6) is 5.75 Å². The van der Waals surface area contributed by atoms with Crippen LogP contribution in [0.2, 0.25) is 0 Å². The van der Waals surface area contributed by atoms with Crippen LogP contribution in [0, 0.1) is 6.92 Å². The van der Waals surface area contributed by atoms with Crippen molar-refractivity contribution in [3.05, 3.63) is 53.7 Å². The molecule has 0 aliphatic carbocycles. The summed E-state index contributed by atoms with van der Waals surface area (Å²) in [6.07, 6.45) is 0. The van der Waals surface area contributed by atoms with Gasteiger partial charge in [-0.05, 0) is 43.3 Å². The topological polar surface area (TPSA) is 77.1 Å². The molecule has 0 unspecified atom stereocenters. The quantitative estimate of drug-likeness (QED) is 0.569. The number of carbonyl (C=O) groups is 1. The van der Waals surface area contributed by atoms with E-state index in [1.54, 1.807) is 25.3 Å². The lowest BCUT2D eigenvalue weighted by atomic mass is 10.1. The van der Waals surface area contributed by atoms with Crippen molar-refractivity contribution in [1.82, 2.24) is 15.0 Å². The van der Waals surface area contributed by atoms with Crippen LogP contribution in [-0.2, 0) is 4.74 Å². The van der Waals surface area contributed by atoms with Crippen LogP contribution >= 0.6 is 0 Å². The van der Waals surface area contributed by atoms with Gasteiger partial charge in [-0.15, -0.1) is 0 Å². The molecular formula is C20H17N3O3. The summed E-state index contributed by atoms with van der Waals surface area (Å²) in [4.78, 5) is 24.3. The van der Waals surface area contributed by atoms with E-state index in [9.17, 15) is 4.79 Å². The molecule has 1 N–H and O–H groups in total. The maximum Gasteiger partial charge on any atom is 0.337 e. The second-order valence-electron chi connectivity index (χ2n) is 5.97. The zero-order valence-corrected chi connectivity index (χ0v) is 14.7. The van der Waals surface area contributed by atoms with Gasteiger partial charge in [0.15, 0.2) is 0 Å². The van der Waals surface area contributed by atoms with Crippen LogP contribution in [0.1, 0.15) is 16.1 Å². The van der Waals surface area contributed by atoms with Crippen LogP contribution < -0.4 is 4.74 Å². The SMILES string of the molecule is COC(=O)c1ccc2nc(-c3ccc(OC)c4nc(C)ccc34)[nH]c2c1. The summed E-state index contributed by atoms with van der Waals surface area (Å²) in [5.74, 6) is 1.05. The number of benzene rings is 2. The third-order valence-electron chi connectivity index (χ3n) is 4.34. The van der Waals surface area contributed by atoms with Gasteiger partial charge in [-0.1, -0.05) is 6.07 Å². The lowest BCUT2D eigenvalue weighted by molar-refractivity contribution is 0.0601. The van der Waals surface area contributed by atoms with E-state index < -0.39 is 0 Å². The van der Waals surface area contributed by atoms with Crippen molar-refractivity contribution >= 4 is 27.9 Å². The van der Waals surface area contributed by atoms with Crippen LogP contribution in [0.25, 0.3) is 33.3 Å². The number of fused-ring (bicyclic) bond motifs is 2. The van der Waals surface area contributed by atoms with Crippen LogP contribution in [0.15, 0.2) is 42.5 Å². The van der Waals surface area contributed by atoms with E-state index in [0.29, 0.717) is 11.4 Å². The average Bonchev–Trinajstić information content (AvgIpc) is 3.09. The first-order valence-electron chi connectivity index (χ1n) is 8.13. The number of H-pyrrole nitrogens is 1. The van der Waals surface area contributed by atoms with E-state index in [1.165, 1.54) is 7.11 Å². The fraction of sp³-hybridized carbons (Fsp3) is 0.150. The zero-order valence-electron chi connectivity index (χ0n) is 14.7. The van der Waals surface area contributed by atoms with E-state index in [-0.39, 0.29) is 5.97 Å². The number of aromatic amines is 1. The standard InChI is InChI=1S/C20H17N3O3/c1-11-4-6-13-14(7-9-17(25-2)18(13)21-11)19-22-15-8-5-12(20(24)26-3)10-16(15)23-19/h4-10H,1-3H3,(H,22,23). The number of methoxy groups -OCH3 is 2. The monoisotopic (exact) mass is 347 g/mol. The number of hydrogen-bond acceptors (Lipinski definition) is 5. The van der Waals surface area contributed by atoms with E-state index in [1.807, 2.05) is 31.2 Å². The second kappa shape index (κ2) is 6.15. The third kappa shape index (κ3) is 2.56. The number of hydrogen-bond donors (Lipinski definition) is 1. The highest BCUT2D eigenvalue weighted by atomic mass is 16.5. The minimum atomic E-state index is -0.377. The second-order valence-corrected chi connectivity index (χ2v) is 5.97. The van der Waals surface area contributed by atoms with Crippen molar-refractivity contribution in [3.8, 4) is 17.1 Å². The first-order valence-corrected chi connectivity index (χ1v) is 8.13. The smallest absolute Gasteiger partial charge is 0.337 e. The molecule has 0 aliphatic rings. The number of aromatic nitrogens is 3. The molecule has 2 aromatic heterocycles. The summed E-state index contributed by atoms with van der Waals surface area (Å²) in [5.41, 5.74) is 4.65. The first kappa shape index (κ1) is 16.1. The number of carbonyl (C=O) groups excluding carboxylic acids is 1. The normalized spacial score (nSPS) is 11.0. The number of pyridine rings is 1. The largest absolute Gasteiger partial charge is 0.494 e. The van der Waals surface area contributed by atoms with E-state index in [4.69, 9.17) is 9.47 Å². The molecule has 2 heterocycles. The Morgan fingerprint density at radius 2 is 1.88 bits per heavy atom. The predicted octanol–water partition coefficient (Wildman–Crippen LogP) is 3.88. The molecule has 0 atom stereocenters. The summed E-state index contributed by atoms with van der Waals surface area (Å²) in [7, 11) is 3.00. The Kier molecular flexibility index (Phi) is 3.80. The van der Waals surface area contributed by atoms with Crippen molar-refractivity contribution in [2.24, 2.45) is 0 Å². The molecule has 26 heavy (non-hydrogen) atoms. The summed E-state index contributed by atoms with van der Waals surface area (Å²) in [6, 6.07) is 13.1. The Morgan fingerprint density at radius 3 is 2.65 bits per heavy atom. The molecule has 0 saturated heterocycles. The van der Waals surface area contributed by atoms with Gasteiger partial charge >= 0.3 is 5.97 Å². The summed E-state index contributed by atoms with van der Waals surface area (Å²) < 4.78 is 10.2. The Labute approximate surface area is 149 Å². The Bertz CT molecular complexity index is 1150. The Hall–Kier alpha value is -3.41.